The van der Waals surface area contributed by atoms with Gasteiger partial charge in [-0.25, -0.2) is 0 Å². The Labute approximate surface area is 171 Å². The number of thiazole rings is 1. The van der Waals surface area contributed by atoms with E-state index in [9.17, 15) is 15.3 Å². The van der Waals surface area contributed by atoms with Gasteiger partial charge in [0.1, 0.15) is 28.3 Å². The molecule has 0 fully saturated rings. The average Bonchev–Trinajstić information content (AvgIpc) is 3.06. The van der Waals surface area contributed by atoms with Crippen molar-refractivity contribution in [3.63, 3.8) is 0 Å². The van der Waals surface area contributed by atoms with Gasteiger partial charge in [0.05, 0.1) is 23.9 Å². The van der Waals surface area contributed by atoms with Crippen molar-refractivity contribution in [1.29, 1.82) is 10.5 Å². The van der Waals surface area contributed by atoms with Crippen LogP contribution in [0.1, 0.15) is 12.5 Å². The van der Waals surface area contributed by atoms with Gasteiger partial charge in [0.25, 0.3) is 5.56 Å². The lowest BCUT2D eigenvalue weighted by Gasteiger charge is -2.05. The van der Waals surface area contributed by atoms with Crippen LogP contribution < -0.4 is 24.2 Å². The molecule has 3 rings (SSSR count). The number of nitriles is 2. The van der Waals surface area contributed by atoms with Crippen LogP contribution in [0.4, 0.5) is 0 Å². The van der Waals surface area contributed by atoms with Crippen molar-refractivity contribution in [2.24, 2.45) is 0 Å². The lowest BCUT2D eigenvalue weighted by Crippen LogP contribution is -2.30. The van der Waals surface area contributed by atoms with Crippen molar-refractivity contribution in [3.8, 4) is 29.3 Å². The maximum atomic E-state index is 13.1. The molecule has 0 unspecified atom stereocenters. The van der Waals surface area contributed by atoms with Gasteiger partial charge in [-0.05, 0) is 55.0 Å². The Kier molecular flexibility index (Phi) is 6.13. The van der Waals surface area contributed by atoms with E-state index in [2.05, 4.69) is 0 Å². The van der Waals surface area contributed by atoms with E-state index in [1.165, 1.54) is 4.57 Å². The predicted molar refractivity (Wildman–Crippen MR) is 112 cm³/mol. The second-order valence-electron chi connectivity index (χ2n) is 5.86. The Balaban J connectivity index is 2.24. The summed E-state index contributed by atoms with van der Waals surface area (Å²) in [4.78, 5) is 13.1. The van der Waals surface area contributed by atoms with Gasteiger partial charge >= 0.3 is 0 Å². The van der Waals surface area contributed by atoms with Crippen molar-refractivity contribution in [2.75, 3.05) is 13.7 Å². The van der Waals surface area contributed by atoms with E-state index in [4.69, 9.17) is 9.47 Å². The van der Waals surface area contributed by atoms with Gasteiger partial charge in [-0.15, -0.1) is 11.3 Å². The van der Waals surface area contributed by atoms with Crippen LogP contribution in [-0.2, 0) is 0 Å². The lowest BCUT2D eigenvalue weighted by molar-refractivity contribution is 0.340. The molecule has 29 heavy (non-hydrogen) atoms. The molecule has 0 spiro atoms. The van der Waals surface area contributed by atoms with Gasteiger partial charge in [0.2, 0.25) is 0 Å². The van der Waals surface area contributed by atoms with Gasteiger partial charge in [-0.2, -0.15) is 10.5 Å². The first-order chi connectivity index (χ1) is 14.1. The number of aromatic nitrogens is 1. The molecule has 3 aromatic rings. The van der Waals surface area contributed by atoms with Gasteiger partial charge in [0.15, 0.2) is 5.57 Å². The van der Waals surface area contributed by atoms with E-state index in [-0.39, 0.29) is 11.1 Å². The van der Waals surface area contributed by atoms with Crippen LogP contribution >= 0.6 is 11.3 Å². The summed E-state index contributed by atoms with van der Waals surface area (Å²) in [6, 6.07) is 18.0. The summed E-state index contributed by atoms with van der Waals surface area (Å²) in [5.41, 5.74) is 0.954. The number of benzene rings is 2. The Hall–Kier alpha value is -3.81. The fourth-order valence-corrected chi connectivity index (χ4v) is 3.77. The number of ether oxygens (including phenoxy) is 2. The minimum absolute atomic E-state index is 0.115. The summed E-state index contributed by atoms with van der Waals surface area (Å²) in [7, 11) is 1.58. The van der Waals surface area contributed by atoms with Gasteiger partial charge in [-0.1, -0.05) is 12.1 Å². The van der Waals surface area contributed by atoms with E-state index in [1.54, 1.807) is 49.6 Å². The Bertz CT molecular complexity index is 1260. The molecule has 0 saturated heterocycles. The minimum Gasteiger partial charge on any atom is -0.497 e. The molecule has 0 aliphatic carbocycles. The maximum absolute atomic E-state index is 13.1. The third kappa shape index (κ3) is 4.21. The zero-order valence-corrected chi connectivity index (χ0v) is 16.7. The average molecular weight is 403 g/mol. The zero-order chi connectivity index (χ0) is 20.8. The molecule has 0 bridgehead atoms. The summed E-state index contributed by atoms with van der Waals surface area (Å²) in [6.07, 6.45) is 1.73. The molecule has 0 amide bonds. The Morgan fingerprint density at radius 3 is 2.24 bits per heavy atom. The highest BCUT2D eigenvalue weighted by Crippen LogP contribution is 2.14. The normalized spacial score (nSPS) is 10.8. The van der Waals surface area contributed by atoms with Crippen LogP contribution in [0.3, 0.4) is 0 Å². The van der Waals surface area contributed by atoms with E-state index in [0.717, 1.165) is 16.9 Å². The molecule has 1 heterocycles. The summed E-state index contributed by atoms with van der Waals surface area (Å²) in [6.45, 7) is 2.42. The lowest BCUT2D eigenvalue weighted by atomic mass is 10.2. The van der Waals surface area contributed by atoms with Crippen molar-refractivity contribution in [2.45, 2.75) is 6.92 Å². The first kappa shape index (κ1) is 19.9. The monoisotopic (exact) mass is 403 g/mol. The number of nitrogens with zero attached hydrogens (tertiary/aromatic N) is 3. The third-order valence-electron chi connectivity index (χ3n) is 4.08. The number of hydrogen-bond donors (Lipinski definition) is 0. The van der Waals surface area contributed by atoms with Crippen LogP contribution in [0.5, 0.6) is 11.5 Å². The summed E-state index contributed by atoms with van der Waals surface area (Å²) in [5, 5.41) is 18.7. The Morgan fingerprint density at radius 1 is 1.07 bits per heavy atom. The second-order valence-corrected chi connectivity index (χ2v) is 6.89. The molecule has 0 aliphatic heterocycles. The first-order valence-corrected chi connectivity index (χ1v) is 9.58. The quantitative estimate of drug-likeness (QED) is 0.652. The highest BCUT2D eigenvalue weighted by molar-refractivity contribution is 7.07. The molecular weight excluding hydrogens is 386 g/mol. The van der Waals surface area contributed by atoms with Gasteiger partial charge in [-0.3, -0.25) is 9.36 Å². The minimum atomic E-state index is -0.298. The van der Waals surface area contributed by atoms with Crippen LogP contribution in [0.15, 0.2) is 53.3 Å². The maximum Gasteiger partial charge on any atom is 0.273 e. The smallest absolute Gasteiger partial charge is 0.273 e. The molecule has 0 N–H and O–H groups in total. The molecule has 1 aromatic heterocycles. The fourth-order valence-electron chi connectivity index (χ4n) is 2.71. The van der Waals surface area contributed by atoms with Gasteiger partial charge in [0, 0.05) is 0 Å². The van der Waals surface area contributed by atoms with Crippen LogP contribution in [-0.4, -0.2) is 18.3 Å². The number of hydrogen-bond acceptors (Lipinski definition) is 6. The Morgan fingerprint density at radius 2 is 1.69 bits per heavy atom. The van der Waals surface area contributed by atoms with E-state index in [0.29, 0.717) is 33.0 Å². The zero-order valence-electron chi connectivity index (χ0n) is 15.9. The molecule has 144 valence electrons. The van der Waals surface area contributed by atoms with Crippen LogP contribution in [0.25, 0.3) is 17.3 Å². The summed E-state index contributed by atoms with van der Waals surface area (Å²) >= 11 is 1.11. The second kappa shape index (κ2) is 8.92. The fraction of sp³-hybridized carbons (Fsp3) is 0.136. The van der Waals surface area contributed by atoms with Crippen molar-refractivity contribution in [1.82, 2.24) is 4.57 Å². The van der Waals surface area contributed by atoms with Crippen molar-refractivity contribution >= 4 is 23.0 Å². The van der Waals surface area contributed by atoms with Crippen LogP contribution in [0.2, 0.25) is 0 Å². The van der Waals surface area contributed by atoms with Crippen LogP contribution in [0, 0.1) is 22.7 Å². The van der Waals surface area contributed by atoms with Crippen molar-refractivity contribution < 1.29 is 9.47 Å². The SMILES string of the molecule is CCOc1ccc(-n2c(=C(C#N)C#N)sc(=Cc3ccc(OC)cc3)c2=O)cc1. The molecule has 6 nitrogen and oxygen atoms in total. The molecular formula is C22H17N3O3S. The molecule has 0 atom stereocenters. The topological polar surface area (TPSA) is 88.0 Å². The number of rotatable bonds is 5. The summed E-state index contributed by atoms with van der Waals surface area (Å²) < 4.78 is 12.7. The van der Waals surface area contributed by atoms with Crippen molar-refractivity contribution in [3.05, 3.63) is 73.6 Å². The number of methoxy groups -OCH3 is 1. The first-order valence-electron chi connectivity index (χ1n) is 8.76. The predicted octanol–water partition coefficient (Wildman–Crippen LogP) is 2.33. The molecule has 0 radical (unpaired) electrons. The van der Waals surface area contributed by atoms with E-state index < -0.39 is 0 Å². The highest BCUT2D eigenvalue weighted by atomic mass is 32.1. The molecule has 2 aromatic carbocycles. The van der Waals surface area contributed by atoms with E-state index in [1.807, 2.05) is 31.2 Å². The molecule has 0 saturated carbocycles. The molecule has 7 heteroatoms. The highest BCUT2D eigenvalue weighted by Gasteiger charge is 2.11. The molecule has 0 aliphatic rings. The summed E-state index contributed by atoms with van der Waals surface area (Å²) in [5.74, 6) is 1.39. The van der Waals surface area contributed by atoms with Gasteiger partial charge < -0.3 is 9.47 Å². The van der Waals surface area contributed by atoms with E-state index >= 15 is 0 Å². The third-order valence-corrected chi connectivity index (χ3v) is 5.17. The standard InChI is InChI=1S/C22H17N3O3S/c1-3-28-19-10-6-17(7-11-19)25-21(26)20(29-22(25)16(13-23)14-24)12-15-4-8-18(27-2)9-5-15/h4-12H,3H2,1-2H3. The largest absolute Gasteiger partial charge is 0.497 e.